The number of alkyl halides is 5. The quantitative estimate of drug-likeness (QED) is 0.218. The number of quaternary nitrogens is 1. The minimum atomic E-state index is -2.06. The van der Waals surface area contributed by atoms with E-state index in [0.29, 0.717) is 23.6 Å². The molecule has 0 bridgehead atoms. The maximum absolute atomic E-state index is 11.9. The third-order valence-corrected chi connectivity index (χ3v) is 6.81. The van der Waals surface area contributed by atoms with Crippen LogP contribution in [0.5, 0.6) is 0 Å². The third kappa shape index (κ3) is 12.5. The lowest BCUT2D eigenvalue weighted by Crippen LogP contribution is -2.68. The van der Waals surface area contributed by atoms with Crippen molar-refractivity contribution in [2.45, 2.75) is 67.9 Å². The number of amides is 1. The Balaban J connectivity index is 0.000000384. The van der Waals surface area contributed by atoms with Crippen LogP contribution in [0.15, 0.2) is 66.5 Å². The molecule has 2 aliphatic heterocycles. The first kappa shape index (κ1) is 40.2. The Hall–Kier alpha value is -2.78. The molecule has 0 fully saturated rings. The second-order valence-corrected chi connectivity index (χ2v) is 12.7. The number of aromatic nitrogens is 2. The smallest absolute Gasteiger partial charge is 0.278 e. The van der Waals surface area contributed by atoms with Gasteiger partial charge in [0.15, 0.2) is 0 Å². The summed E-state index contributed by atoms with van der Waals surface area (Å²) in [5.41, 5.74) is 17.5. The lowest BCUT2D eigenvalue weighted by molar-refractivity contribution is -0.465. The van der Waals surface area contributed by atoms with Gasteiger partial charge in [-0.15, -0.1) is 23.2 Å². The largest absolute Gasteiger partial charge is 0.550 e. The molecule has 0 radical (unpaired) electrons. The van der Waals surface area contributed by atoms with Crippen molar-refractivity contribution in [2.24, 2.45) is 16.5 Å². The molecule has 18 heteroatoms. The van der Waals surface area contributed by atoms with Crippen LogP contribution in [-0.4, -0.2) is 48.2 Å². The highest BCUT2D eigenvalue weighted by atomic mass is 35.6. The highest BCUT2D eigenvalue weighted by Gasteiger charge is 2.36. The number of aliphatic carboxylic acids is 1. The Morgan fingerprint density at radius 3 is 2.04 bits per heavy atom. The van der Waals surface area contributed by atoms with Crippen molar-refractivity contribution in [3.8, 4) is 0 Å². The number of hydrogen-bond acceptors (Lipinski definition) is 9. The van der Waals surface area contributed by atoms with E-state index in [2.05, 4.69) is 62.7 Å². The lowest BCUT2D eigenvalue weighted by atomic mass is 10.00. The molecule has 0 saturated carbocycles. The average molecular weight is 731 g/mol. The zero-order valence-corrected chi connectivity index (χ0v) is 29.0. The number of halogens is 5. The number of carbonyl (C=O) groups excluding carboxylic acids is 2. The second kappa shape index (κ2) is 19.0. The Morgan fingerprint density at radius 1 is 1.04 bits per heavy atom. The van der Waals surface area contributed by atoms with E-state index in [9.17, 15) is 4.79 Å². The third-order valence-electron chi connectivity index (χ3n) is 6.30. The topological polar surface area (TPSA) is 207 Å². The normalized spacial score (nSPS) is 21.3. The molecule has 252 valence electrons. The van der Waals surface area contributed by atoms with Crippen molar-refractivity contribution >= 4 is 75.8 Å². The van der Waals surface area contributed by atoms with Crippen LogP contribution in [0.1, 0.15) is 63.4 Å². The van der Waals surface area contributed by atoms with Gasteiger partial charge in [-0.3, -0.25) is 19.2 Å². The van der Waals surface area contributed by atoms with E-state index in [1.165, 1.54) is 5.69 Å². The molecule has 0 aliphatic carbocycles. The number of rotatable bonds is 6. The Morgan fingerprint density at radius 2 is 1.56 bits per heavy atom. The number of nitrogens with two attached hydrogens (primary N) is 2. The molecule has 1 amide bonds. The summed E-state index contributed by atoms with van der Waals surface area (Å²) >= 11 is 26.3. The van der Waals surface area contributed by atoms with Crippen molar-refractivity contribution in [1.82, 2.24) is 30.4 Å². The van der Waals surface area contributed by atoms with Crippen LogP contribution >= 0.6 is 58.0 Å². The molecule has 0 aromatic carbocycles. The Bertz CT molecular complexity index is 1310. The fourth-order valence-electron chi connectivity index (χ4n) is 4.61. The Kier molecular flexibility index (Phi) is 17.0. The summed E-state index contributed by atoms with van der Waals surface area (Å²) in [6.07, 6.45) is 5.61. The maximum atomic E-state index is 11.9. The van der Waals surface area contributed by atoms with E-state index in [-0.39, 0.29) is 29.8 Å². The summed E-state index contributed by atoms with van der Waals surface area (Å²) in [6.45, 7) is 12.5. The number of carboxylic acids is 1. The molecule has 2 aromatic heterocycles. The summed E-state index contributed by atoms with van der Waals surface area (Å²) < 4.78 is 1.77. The molecular weight excluding hydrogens is 690 g/mol. The molecule has 45 heavy (non-hydrogen) atoms. The average Bonchev–Trinajstić information content (AvgIpc) is 3.62. The number of fused-ring (bicyclic) bond motifs is 2. The van der Waals surface area contributed by atoms with Gasteiger partial charge in [-0.1, -0.05) is 61.8 Å². The van der Waals surface area contributed by atoms with E-state index in [1.807, 2.05) is 31.3 Å². The van der Waals surface area contributed by atoms with E-state index < -0.39 is 15.7 Å². The molecule has 4 heterocycles. The molecular formula is C27H41Cl5N10O3. The number of nitrogens with zero attached hydrogens (tertiary/aromatic N) is 3. The van der Waals surface area contributed by atoms with Crippen molar-refractivity contribution in [1.29, 1.82) is 0 Å². The van der Waals surface area contributed by atoms with Gasteiger partial charge in [0.2, 0.25) is 12.2 Å². The highest BCUT2D eigenvalue weighted by Crippen LogP contribution is 2.29. The number of aliphatic imine (C=N–C) groups is 1. The van der Waals surface area contributed by atoms with Crippen molar-refractivity contribution in [3.05, 3.63) is 72.8 Å². The number of nitrogens with one attached hydrogen (secondary N) is 4. The van der Waals surface area contributed by atoms with Gasteiger partial charge >= 0.3 is 0 Å². The van der Waals surface area contributed by atoms with Crippen LogP contribution in [0, 0.1) is 0 Å². The van der Waals surface area contributed by atoms with Crippen LogP contribution in [0.4, 0.5) is 0 Å². The summed E-state index contributed by atoms with van der Waals surface area (Å²) in [5, 5.41) is 21.4. The van der Waals surface area contributed by atoms with Gasteiger partial charge in [-0.2, -0.15) is 0 Å². The minimum absolute atomic E-state index is 0.0824. The van der Waals surface area contributed by atoms with Crippen LogP contribution in [-0.2, 0) is 9.59 Å². The summed E-state index contributed by atoms with van der Waals surface area (Å²) in [5.74, 6) is -0.690. The van der Waals surface area contributed by atoms with Gasteiger partial charge in [0.25, 0.3) is 9.70 Å². The standard InChI is InChI=1S/C13H16Cl3N5O.C11H19N5.C2H4O2.CH2Cl2/c1-3-8-10(18-7(2)17)9-5-4-6-21(9)12(19-8)20-11(22)13(14,15)16;1-3-8-10(14-7(2)12)9-5-4-6-16(9)11(13)15-8;1-2(3)4;2-1-3/h4-6,8,10,18H,2-3,17H2,1H3,(H,19,20,22);4-6,8,10-11,14-15H,2-3,12-13H2,1H3;1H3,(H,3,4);1H2/t8-,10-;8-,10-,11?;;/m00../s1. The van der Waals surface area contributed by atoms with Gasteiger partial charge < -0.3 is 37.7 Å². The molecule has 11 N–H and O–H groups in total. The maximum Gasteiger partial charge on any atom is 0.278 e. The summed E-state index contributed by atoms with van der Waals surface area (Å²) in [7, 11) is 0. The Labute approximate surface area is 288 Å². The zero-order valence-electron chi connectivity index (χ0n) is 25.2. The molecule has 0 saturated heterocycles. The zero-order chi connectivity index (χ0) is 34.5. The van der Waals surface area contributed by atoms with E-state index >= 15 is 0 Å². The van der Waals surface area contributed by atoms with Crippen LogP contribution in [0.3, 0.4) is 0 Å². The molecule has 2 aromatic rings. The number of carbonyl (C=O) groups is 2. The minimum Gasteiger partial charge on any atom is -0.550 e. The monoisotopic (exact) mass is 728 g/mol. The molecule has 1 unspecified atom stereocenters. The molecule has 0 spiro atoms. The number of carboxylic acid groups (broad SMARTS) is 1. The first-order chi connectivity index (χ1) is 21.0. The van der Waals surface area contributed by atoms with Gasteiger partial charge in [0.05, 0.1) is 40.8 Å². The first-order valence-electron chi connectivity index (χ1n) is 13.6. The number of hydrogen-bond donors (Lipinski definition) is 7. The van der Waals surface area contributed by atoms with Gasteiger partial charge in [0, 0.05) is 30.1 Å². The van der Waals surface area contributed by atoms with E-state index in [1.54, 1.807) is 10.8 Å². The molecule has 4 rings (SSSR count). The summed E-state index contributed by atoms with van der Waals surface area (Å²) in [6, 6.07) is 8.06. The fourth-order valence-corrected chi connectivity index (χ4v) is 4.75. The van der Waals surface area contributed by atoms with E-state index in [0.717, 1.165) is 25.5 Å². The predicted octanol–water partition coefficient (Wildman–Crippen LogP) is 1.84. The SMILES string of the molecule is C=C(N)N[C@@H]1c2cccn2C(NC(=O)C(Cl)(Cl)Cl)=N[C@H]1CC.C=C(N)N[C@@H]1c2cccn2C([NH3+])N[C@H]1CC.CC(=O)[O-].ClCCl. The van der Waals surface area contributed by atoms with Gasteiger partial charge in [-0.25, -0.2) is 10.3 Å². The highest BCUT2D eigenvalue weighted by molar-refractivity contribution is 6.76. The van der Waals surface area contributed by atoms with Crippen LogP contribution in [0.25, 0.3) is 0 Å². The van der Waals surface area contributed by atoms with Crippen LogP contribution in [0.2, 0.25) is 0 Å². The lowest BCUT2D eigenvalue weighted by Gasteiger charge is -2.36. The van der Waals surface area contributed by atoms with Crippen LogP contribution < -0.4 is 43.6 Å². The van der Waals surface area contributed by atoms with Gasteiger partial charge in [0.1, 0.15) is 0 Å². The molecule has 2 aliphatic rings. The fraction of sp³-hybridized carbons (Fsp3) is 0.444. The summed E-state index contributed by atoms with van der Waals surface area (Å²) in [4.78, 5) is 25.3. The molecule has 13 nitrogen and oxygen atoms in total. The van der Waals surface area contributed by atoms with E-state index in [4.69, 9.17) is 79.4 Å². The van der Waals surface area contributed by atoms with Gasteiger partial charge in [-0.05, 0) is 44.0 Å². The van der Waals surface area contributed by atoms with Crippen molar-refractivity contribution in [3.63, 3.8) is 0 Å². The first-order valence-corrected chi connectivity index (χ1v) is 15.8. The second-order valence-electron chi connectivity index (χ2n) is 9.61. The molecule has 5 atom stereocenters. The van der Waals surface area contributed by atoms with Crippen molar-refractivity contribution < 1.29 is 20.4 Å². The van der Waals surface area contributed by atoms with Crippen molar-refractivity contribution in [2.75, 3.05) is 5.34 Å². The predicted molar refractivity (Wildman–Crippen MR) is 179 cm³/mol.